The fourth-order valence-corrected chi connectivity index (χ4v) is 3.20. The van der Waals surface area contributed by atoms with E-state index < -0.39 is 6.04 Å². The van der Waals surface area contributed by atoms with Crippen LogP contribution in [0.5, 0.6) is 0 Å². The summed E-state index contributed by atoms with van der Waals surface area (Å²) < 4.78 is 0. The van der Waals surface area contributed by atoms with Gasteiger partial charge in [0, 0.05) is 6.04 Å². The highest BCUT2D eigenvalue weighted by molar-refractivity contribution is 5.81. The van der Waals surface area contributed by atoms with Crippen LogP contribution in [0.2, 0.25) is 0 Å². The molecule has 3 atom stereocenters. The zero-order chi connectivity index (χ0) is 15.1. The molecule has 0 aliphatic heterocycles. The molecule has 1 aromatic carbocycles. The van der Waals surface area contributed by atoms with Gasteiger partial charge in [0.25, 0.3) is 0 Å². The first kappa shape index (κ1) is 16.0. The molecule has 116 valence electrons. The van der Waals surface area contributed by atoms with E-state index in [2.05, 4.69) is 24.4 Å². The van der Waals surface area contributed by atoms with Crippen molar-refractivity contribution in [1.82, 2.24) is 5.32 Å². The molecular weight excluding hydrogens is 260 g/mol. The smallest absolute Gasteiger partial charge is 0.237 e. The van der Waals surface area contributed by atoms with Gasteiger partial charge in [-0.05, 0) is 37.2 Å². The fourth-order valence-electron chi connectivity index (χ4n) is 3.20. The van der Waals surface area contributed by atoms with Gasteiger partial charge < -0.3 is 11.1 Å². The Bertz CT molecular complexity index is 432. The summed E-state index contributed by atoms with van der Waals surface area (Å²) in [5.74, 6) is 0.789. The lowest BCUT2D eigenvalue weighted by atomic mass is 9.84. The van der Waals surface area contributed by atoms with Crippen molar-refractivity contribution in [3.63, 3.8) is 0 Å². The van der Waals surface area contributed by atoms with Crippen LogP contribution in [0.1, 0.15) is 51.0 Å². The van der Waals surface area contributed by atoms with E-state index in [1.807, 2.05) is 18.2 Å². The molecule has 0 bridgehead atoms. The van der Waals surface area contributed by atoms with Crippen LogP contribution in [-0.2, 0) is 11.2 Å². The van der Waals surface area contributed by atoms with E-state index in [1.165, 1.54) is 24.8 Å². The minimum absolute atomic E-state index is 0.0210. The van der Waals surface area contributed by atoms with Crippen LogP contribution in [0.4, 0.5) is 0 Å². The Morgan fingerprint density at radius 3 is 2.81 bits per heavy atom. The van der Waals surface area contributed by atoms with Gasteiger partial charge in [0.05, 0.1) is 6.04 Å². The molecule has 0 spiro atoms. The number of hydrogen-bond donors (Lipinski definition) is 2. The van der Waals surface area contributed by atoms with Gasteiger partial charge in [-0.15, -0.1) is 0 Å². The highest BCUT2D eigenvalue weighted by Crippen LogP contribution is 2.26. The summed E-state index contributed by atoms with van der Waals surface area (Å²) >= 11 is 0. The van der Waals surface area contributed by atoms with E-state index in [-0.39, 0.29) is 5.91 Å². The Hall–Kier alpha value is -1.35. The Morgan fingerprint density at radius 2 is 2.10 bits per heavy atom. The fraction of sp³-hybridized carbons (Fsp3) is 0.611. The van der Waals surface area contributed by atoms with Crippen molar-refractivity contribution < 1.29 is 4.79 Å². The summed E-state index contributed by atoms with van der Waals surface area (Å²) in [4.78, 5) is 12.2. The number of benzene rings is 1. The maximum absolute atomic E-state index is 12.2. The number of carbonyl (C=O) groups excluding carboxylic acids is 1. The standard InChI is InChI=1S/C18H28N2O/c1-2-14-9-6-10-16(13-14)20-18(21)17(19)12-11-15-7-4-3-5-8-15/h3-5,7-8,14,16-17H,2,6,9-13,19H2,1H3,(H,20,21). The molecule has 0 saturated heterocycles. The van der Waals surface area contributed by atoms with E-state index in [1.54, 1.807) is 0 Å². The second kappa shape index (κ2) is 8.18. The monoisotopic (exact) mass is 288 g/mol. The van der Waals surface area contributed by atoms with Crippen LogP contribution in [0, 0.1) is 5.92 Å². The highest BCUT2D eigenvalue weighted by Gasteiger charge is 2.23. The average molecular weight is 288 g/mol. The van der Waals surface area contributed by atoms with Crippen molar-refractivity contribution in [1.29, 1.82) is 0 Å². The van der Waals surface area contributed by atoms with Crippen molar-refractivity contribution in [3.05, 3.63) is 35.9 Å². The van der Waals surface area contributed by atoms with Gasteiger partial charge in [-0.2, -0.15) is 0 Å². The third-order valence-corrected chi connectivity index (χ3v) is 4.63. The molecule has 0 radical (unpaired) electrons. The highest BCUT2D eigenvalue weighted by atomic mass is 16.2. The van der Waals surface area contributed by atoms with Gasteiger partial charge in [-0.1, -0.05) is 56.5 Å². The molecule has 3 heteroatoms. The van der Waals surface area contributed by atoms with Crippen LogP contribution in [-0.4, -0.2) is 18.0 Å². The second-order valence-electron chi connectivity index (χ2n) is 6.28. The minimum atomic E-state index is -0.396. The number of carbonyl (C=O) groups is 1. The summed E-state index contributed by atoms with van der Waals surface area (Å²) in [5.41, 5.74) is 7.28. The third kappa shape index (κ3) is 5.16. The molecule has 0 aromatic heterocycles. The molecule has 1 aliphatic carbocycles. The number of rotatable bonds is 6. The van der Waals surface area contributed by atoms with Crippen molar-refractivity contribution in [2.45, 2.75) is 64.0 Å². The summed E-state index contributed by atoms with van der Waals surface area (Å²) in [6.45, 7) is 2.24. The van der Waals surface area contributed by atoms with E-state index >= 15 is 0 Å². The maximum atomic E-state index is 12.2. The Morgan fingerprint density at radius 1 is 1.33 bits per heavy atom. The SMILES string of the molecule is CCC1CCCC(NC(=O)C(N)CCc2ccccc2)C1. The minimum Gasteiger partial charge on any atom is -0.352 e. The Kier molecular flexibility index (Phi) is 6.24. The summed E-state index contributed by atoms with van der Waals surface area (Å²) in [7, 11) is 0. The van der Waals surface area contributed by atoms with Crippen LogP contribution in [0.25, 0.3) is 0 Å². The first-order valence-corrected chi connectivity index (χ1v) is 8.29. The first-order chi connectivity index (χ1) is 10.2. The van der Waals surface area contributed by atoms with Gasteiger partial charge in [-0.3, -0.25) is 4.79 Å². The number of aryl methyl sites for hydroxylation is 1. The second-order valence-corrected chi connectivity index (χ2v) is 6.28. The average Bonchev–Trinajstić information content (AvgIpc) is 2.53. The van der Waals surface area contributed by atoms with Crippen molar-refractivity contribution in [2.75, 3.05) is 0 Å². The summed E-state index contributed by atoms with van der Waals surface area (Å²) in [6.07, 6.45) is 7.54. The van der Waals surface area contributed by atoms with Crippen molar-refractivity contribution in [3.8, 4) is 0 Å². The third-order valence-electron chi connectivity index (χ3n) is 4.63. The van der Waals surface area contributed by atoms with Gasteiger partial charge >= 0.3 is 0 Å². The topological polar surface area (TPSA) is 55.1 Å². The number of hydrogen-bond acceptors (Lipinski definition) is 2. The molecule has 21 heavy (non-hydrogen) atoms. The number of amides is 1. The van der Waals surface area contributed by atoms with Crippen LogP contribution in [0.3, 0.4) is 0 Å². The quantitative estimate of drug-likeness (QED) is 0.845. The molecule has 3 unspecified atom stereocenters. The number of nitrogens with two attached hydrogens (primary N) is 1. The molecule has 1 aliphatic rings. The molecule has 1 fully saturated rings. The summed E-state index contributed by atoms with van der Waals surface area (Å²) in [6, 6.07) is 10.1. The van der Waals surface area contributed by atoms with Crippen LogP contribution in [0.15, 0.2) is 30.3 Å². The van der Waals surface area contributed by atoms with E-state index in [0.29, 0.717) is 12.5 Å². The zero-order valence-corrected chi connectivity index (χ0v) is 13.1. The number of nitrogens with one attached hydrogen (secondary N) is 1. The van der Waals surface area contributed by atoms with Crippen molar-refractivity contribution in [2.24, 2.45) is 11.7 Å². The Labute approximate surface area is 128 Å². The van der Waals surface area contributed by atoms with E-state index in [9.17, 15) is 4.79 Å². The summed E-state index contributed by atoms with van der Waals surface area (Å²) in [5, 5.41) is 3.16. The zero-order valence-electron chi connectivity index (χ0n) is 13.1. The normalized spacial score (nSPS) is 23.5. The van der Waals surface area contributed by atoms with E-state index in [4.69, 9.17) is 5.73 Å². The van der Waals surface area contributed by atoms with Gasteiger partial charge in [-0.25, -0.2) is 0 Å². The lowest BCUT2D eigenvalue weighted by Gasteiger charge is -2.29. The van der Waals surface area contributed by atoms with Crippen LogP contribution < -0.4 is 11.1 Å². The lowest BCUT2D eigenvalue weighted by Crippen LogP contribution is -2.47. The van der Waals surface area contributed by atoms with Gasteiger partial charge in [0.1, 0.15) is 0 Å². The molecule has 1 saturated carbocycles. The Balaban J connectivity index is 1.74. The van der Waals surface area contributed by atoms with Crippen LogP contribution >= 0.6 is 0 Å². The molecule has 1 aromatic rings. The van der Waals surface area contributed by atoms with Crippen molar-refractivity contribution >= 4 is 5.91 Å². The molecule has 1 amide bonds. The maximum Gasteiger partial charge on any atom is 0.237 e. The molecule has 0 heterocycles. The lowest BCUT2D eigenvalue weighted by molar-refractivity contribution is -0.123. The largest absolute Gasteiger partial charge is 0.352 e. The van der Waals surface area contributed by atoms with Gasteiger partial charge in [0.2, 0.25) is 5.91 Å². The molecular formula is C18H28N2O. The van der Waals surface area contributed by atoms with Gasteiger partial charge in [0.15, 0.2) is 0 Å². The van der Waals surface area contributed by atoms with E-state index in [0.717, 1.165) is 25.2 Å². The predicted octanol–water partition coefficient (Wildman–Crippen LogP) is 3.03. The molecule has 3 nitrogen and oxygen atoms in total. The first-order valence-electron chi connectivity index (χ1n) is 8.29. The molecule has 2 rings (SSSR count). The predicted molar refractivity (Wildman–Crippen MR) is 86.9 cm³/mol. The molecule has 3 N–H and O–H groups in total.